The highest BCUT2D eigenvalue weighted by atomic mass is 16.4. The second kappa shape index (κ2) is 7.46. The van der Waals surface area contributed by atoms with E-state index in [2.05, 4.69) is 36.2 Å². The molecule has 0 bridgehead atoms. The molecule has 0 aliphatic carbocycles. The summed E-state index contributed by atoms with van der Waals surface area (Å²) in [5.74, 6) is -0.906. The number of anilines is 2. The highest BCUT2D eigenvalue weighted by Gasteiger charge is 2.01. The maximum Gasteiger partial charge on any atom is 0.328 e. The van der Waals surface area contributed by atoms with Gasteiger partial charge in [-0.3, -0.25) is 0 Å². The lowest BCUT2D eigenvalue weighted by molar-refractivity contribution is -0.131. The largest absolute Gasteiger partial charge is 0.478 e. The predicted molar refractivity (Wildman–Crippen MR) is 79.9 cm³/mol. The van der Waals surface area contributed by atoms with Gasteiger partial charge in [0.05, 0.1) is 0 Å². The van der Waals surface area contributed by atoms with Crippen molar-refractivity contribution in [1.29, 1.82) is 0 Å². The Morgan fingerprint density at radius 2 is 1.84 bits per heavy atom. The number of benzene rings is 1. The summed E-state index contributed by atoms with van der Waals surface area (Å²) in [6.07, 6.45) is 1.22. The second-order valence-electron chi connectivity index (χ2n) is 4.40. The van der Waals surface area contributed by atoms with Gasteiger partial charge in [0.2, 0.25) is 0 Å². The molecular formula is C15H22N2O2. The molecule has 0 aliphatic rings. The maximum atomic E-state index is 10.5. The van der Waals surface area contributed by atoms with E-state index < -0.39 is 5.97 Å². The SMILES string of the molecule is CCN(CC)c1ccc(NC/C(C)=C/C(=O)O)cc1. The Balaban J connectivity index is 2.60. The molecule has 1 aromatic rings. The molecule has 4 heteroatoms. The van der Waals surface area contributed by atoms with Crippen molar-refractivity contribution < 1.29 is 9.90 Å². The van der Waals surface area contributed by atoms with Gasteiger partial charge >= 0.3 is 5.97 Å². The molecule has 0 fully saturated rings. The van der Waals surface area contributed by atoms with Crippen LogP contribution in [0.3, 0.4) is 0 Å². The molecule has 4 nitrogen and oxygen atoms in total. The first kappa shape index (κ1) is 15.1. The molecule has 19 heavy (non-hydrogen) atoms. The van der Waals surface area contributed by atoms with Gasteiger partial charge < -0.3 is 15.3 Å². The van der Waals surface area contributed by atoms with Crippen molar-refractivity contribution in [2.24, 2.45) is 0 Å². The van der Waals surface area contributed by atoms with Crippen molar-refractivity contribution >= 4 is 17.3 Å². The quantitative estimate of drug-likeness (QED) is 0.742. The normalized spacial score (nSPS) is 11.2. The first-order valence-corrected chi connectivity index (χ1v) is 6.55. The number of rotatable bonds is 7. The second-order valence-corrected chi connectivity index (χ2v) is 4.40. The Hall–Kier alpha value is -1.97. The summed E-state index contributed by atoms with van der Waals surface area (Å²) in [7, 11) is 0. The number of hydrogen-bond acceptors (Lipinski definition) is 3. The Morgan fingerprint density at radius 1 is 1.26 bits per heavy atom. The maximum absolute atomic E-state index is 10.5. The molecule has 0 radical (unpaired) electrons. The summed E-state index contributed by atoms with van der Waals surface area (Å²) < 4.78 is 0. The van der Waals surface area contributed by atoms with E-state index in [1.54, 1.807) is 6.92 Å². The minimum Gasteiger partial charge on any atom is -0.478 e. The average molecular weight is 262 g/mol. The predicted octanol–water partition coefficient (Wildman–Crippen LogP) is 2.98. The van der Waals surface area contributed by atoms with Gasteiger partial charge in [-0.05, 0) is 50.6 Å². The molecule has 0 unspecified atom stereocenters. The van der Waals surface area contributed by atoms with E-state index in [4.69, 9.17) is 5.11 Å². The summed E-state index contributed by atoms with van der Waals surface area (Å²) in [5.41, 5.74) is 2.99. The summed E-state index contributed by atoms with van der Waals surface area (Å²) >= 11 is 0. The van der Waals surface area contributed by atoms with E-state index in [1.807, 2.05) is 12.1 Å². The number of aliphatic carboxylic acids is 1. The number of carboxylic acids is 1. The van der Waals surface area contributed by atoms with Crippen LogP contribution < -0.4 is 10.2 Å². The number of hydrogen-bond donors (Lipinski definition) is 2. The molecule has 1 rings (SSSR count). The lowest BCUT2D eigenvalue weighted by Crippen LogP contribution is -2.21. The third-order valence-electron chi connectivity index (χ3n) is 2.94. The van der Waals surface area contributed by atoms with Gasteiger partial charge in [-0.15, -0.1) is 0 Å². The van der Waals surface area contributed by atoms with E-state index in [1.165, 1.54) is 11.8 Å². The van der Waals surface area contributed by atoms with Crippen LogP contribution in [0.2, 0.25) is 0 Å². The molecule has 0 aromatic heterocycles. The zero-order valence-corrected chi connectivity index (χ0v) is 11.8. The first-order chi connectivity index (χ1) is 9.06. The van der Waals surface area contributed by atoms with Gasteiger partial charge in [0, 0.05) is 37.1 Å². The summed E-state index contributed by atoms with van der Waals surface area (Å²) in [4.78, 5) is 12.8. The van der Waals surface area contributed by atoms with Gasteiger partial charge in [0.1, 0.15) is 0 Å². The van der Waals surface area contributed by atoms with E-state index in [0.717, 1.165) is 24.4 Å². The number of carboxylic acid groups (broad SMARTS) is 1. The van der Waals surface area contributed by atoms with Crippen molar-refractivity contribution in [3.63, 3.8) is 0 Å². The van der Waals surface area contributed by atoms with Crippen molar-refractivity contribution in [3.05, 3.63) is 35.9 Å². The summed E-state index contributed by atoms with van der Waals surface area (Å²) in [6.45, 7) is 8.58. The minimum atomic E-state index is -0.906. The zero-order chi connectivity index (χ0) is 14.3. The van der Waals surface area contributed by atoms with Gasteiger partial charge in [-0.1, -0.05) is 0 Å². The van der Waals surface area contributed by atoms with Crippen LogP contribution in [0.4, 0.5) is 11.4 Å². The van der Waals surface area contributed by atoms with Crippen molar-refractivity contribution in [2.75, 3.05) is 29.9 Å². The fraction of sp³-hybridized carbons (Fsp3) is 0.400. The van der Waals surface area contributed by atoms with Crippen LogP contribution in [0.25, 0.3) is 0 Å². The highest BCUT2D eigenvalue weighted by Crippen LogP contribution is 2.17. The van der Waals surface area contributed by atoms with Crippen molar-refractivity contribution in [2.45, 2.75) is 20.8 Å². The molecule has 104 valence electrons. The van der Waals surface area contributed by atoms with Crippen LogP contribution in [0.1, 0.15) is 20.8 Å². The van der Waals surface area contributed by atoms with Crippen molar-refractivity contribution in [3.8, 4) is 0 Å². The minimum absolute atomic E-state index is 0.539. The standard InChI is InChI=1S/C15H22N2O2/c1-4-17(5-2)14-8-6-13(7-9-14)16-11-12(3)10-15(18)19/h6-10,16H,4-5,11H2,1-3H3,(H,18,19)/b12-10+. The van der Waals surface area contributed by atoms with Gasteiger partial charge in [0.15, 0.2) is 0 Å². The first-order valence-electron chi connectivity index (χ1n) is 6.55. The highest BCUT2D eigenvalue weighted by molar-refractivity contribution is 5.80. The average Bonchev–Trinajstić information content (AvgIpc) is 2.38. The van der Waals surface area contributed by atoms with E-state index in [9.17, 15) is 4.79 Å². The zero-order valence-electron chi connectivity index (χ0n) is 11.8. The van der Waals surface area contributed by atoms with Crippen LogP contribution >= 0.6 is 0 Å². The molecular weight excluding hydrogens is 240 g/mol. The molecule has 0 saturated heterocycles. The van der Waals surface area contributed by atoms with E-state index >= 15 is 0 Å². The molecule has 0 amide bonds. The Bertz CT molecular complexity index is 434. The molecule has 1 aromatic carbocycles. The number of nitrogens with one attached hydrogen (secondary N) is 1. The van der Waals surface area contributed by atoms with Gasteiger partial charge in [-0.2, -0.15) is 0 Å². The lowest BCUT2D eigenvalue weighted by Gasteiger charge is -2.21. The fourth-order valence-corrected chi connectivity index (χ4v) is 1.88. The van der Waals surface area contributed by atoms with Crippen LogP contribution in [-0.2, 0) is 4.79 Å². The monoisotopic (exact) mass is 262 g/mol. The fourth-order valence-electron chi connectivity index (χ4n) is 1.88. The Labute approximate surface area is 114 Å². The summed E-state index contributed by atoms with van der Waals surface area (Å²) in [5, 5.41) is 11.8. The topological polar surface area (TPSA) is 52.6 Å². The van der Waals surface area contributed by atoms with E-state index in [-0.39, 0.29) is 0 Å². The van der Waals surface area contributed by atoms with Gasteiger partial charge in [0.25, 0.3) is 0 Å². The smallest absolute Gasteiger partial charge is 0.328 e. The lowest BCUT2D eigenvalue weighted by atomic mass is 10.2. The molecule has 0 atom stereocenters. The van der Waals surface area contributed by atoms with Crippen LogP contribution in [0.15, 0.2) is 35.9 Å². The van der Waals surface area contributed by atoms with Crippen LogP contribution in [0.5, 0.6) is 0 Å². The summed E-state index contributed by atoms with van der Waals surface area (Å²) in [6, 6.07) is 8.18. The van der Waals surface area contributed by atoms with Gasteiger partial charge in [-0.25, -0.2) is 4.79 Å². The third kappa shape index (κ3) is 5.04. The molecule has 0 spiro atoms. The molecule has 0 saturated carbocycles. The van der Waals surface area contributed by atoms with Crippen LogP contribution in [-0.4, -0.2) is 30.7 Å². The van der Waals surface area contributed by atoms with Crippen molar-refractivity contribution in [1.82, 2.24) is 0 Å². The Morgan fingerprint density at radius 3 is 2.32 bits per heavy atom. The Kier molecular flexibility index (Phi) is 5.93. The number of carbonyl (C=O) groups is 1. The van der Waals surface area contributed by atoms with Crippen LogP contribution in [0, 0.1) is 0 Å². The molecule has 0 heterocycles. The molecule has 0 aliphatic heterocycles. The number of nitrogens with zero attached hydrogens (tertiary/aromatic N) is 1. The van der Waals surface area contributed by atoms with E-state index in [0.29, 0.717) is 6.54 Å². The molecule has 2 N–H and O–H groups in total. The third-order valence-corrected chi connectivity index (χ3v) is 2.94.